The lowest BCUT2D eigenvalue weighted by Crippen LogP contribution is -2.09. The fourth-order valence-electron chi connectivity index (χ4n) is 2.20. The maximum absolute atomic E-state index is 13.5. The molecule has 0 radical (unpaired) electrons. The first kappa shape index (κ1) is 10.1. The minimum atomic E-state index is -0.702. The minimum Gasteiger partial charge on any atom is -0.207 e. The topological polar surface area (TPSA) is 23.8 Å². The van der Waals surface area contributed by atoms with Gasteiger partial charge in [0.1, 0.15) is 11.6 Å². The largest absolute Gasteiger partial charge is 0.207 e. The summed E-state index contributed by atoms with van der Waals surface area (Å²) in [7, 11) is 0. The molecule has 1 aromatic rings. The Balaban J connectivity index is 2.43. The second-order valence-corrected chi connectivity index (χ2v) is 4.02. The standard InChI is InChI=1S/C12H11F2N/c1-2-8-6-12(8,7-15)10-4-3-9(13)5-11(10)14/h3-5,8H,2,6H2,1H3. The lowest BCUT2D eigenvalue weighted by Gasteiger charge is -2.09. The summed E-state index contributed by atoms with van der Waals surface area (Å²) in [5.74, 6) is -0.993. The van der Waals surface area contributed by atoms with E-state index in [9.17, 15) is 8.78 Å². The van der Waals surface area contributed by atoms with Crippen LogP contribution in [0.4, 0.5) is 8.78 Å². The summed E-state index contributed by atoms with van der Waals surface area (Å²) in [4.78, 5) is 0. The Hall–Kier alpha value is -1.43. The summed E-state index contributed by atoms with van der Waals surface area (Å²) >= 11 is 0. The number of nitrogens with zero attached hydrogens (tertiary/aromatic N) is 1. The van der Waals surface area contributed by atoms with Crippen molar-refractivity contribution < 1.29 is 8.78 Å². The smallest absolute Gasteiger partial charge is 0.130 e. The van der Waals surface area contributed by atoms with E-state index in [0.29, 0.717) is 12.0 Å². The van der Waals surface area contributed by atoms with Crippen molar-refractivity contribution in [2.24, 2.45) is 5.92 Å². The molecule has 78 valence electrons. The van der Waals surface area contributed by atoms with Gasteiger partial charge in [-0.2, -0.15) is 5.26 Å². The second-order valence-electron chi connectivity index (χ2n) is 4.02. The zero-order valence-electron chi connectivity index (χ0n) is 8.43. The van der Waals surface area contributed by atoms with Gasteiger partial charge in [0.25, 0.3) is 0 Å². The van der Waals surface area contributed by atoms with Crippen LogP contribution in [0.3, 0.4) is 0 Å². The van der Waals surface area contributed by atoms with Crippen LogP contribution < -0.4 is 0 Å². The predicted molar refractivity (Wildman–Crippen MR) is 52.0 cm³/mol. The molecule has 1 aliphatic rings. The minimum absolute atomic E-state index is 0.211. The summed E-state index contributed by atoms with van der Waals surface area (Å²) < 4.78 is 26.2. The van der Waals surface area contributed by atoms with Gasteiger partial charge in [-0.25, -0.2) is 8.78 Å². The zero-order valence-corrected chi connectivity index (χ0v) is 8.43. The number of hydrogen-bond donors (Lipinski definition) is 0. The Bertz CT molecular complexity index is 436. The Labute approximate surface area is 87.3 Å². The number of halogens is 2. The molecule has 1 fully saturated rings. The summed E-state index contributed by atoms with van der Waals surface area (Å²) in [5.41, 5.74) is -0.356. The Morgan fingerprint density at radius 2 is 2.27 bits per heavy atom. The number of rotatable bonds is 2. The van der Waals surface area contributed by atoms with E-state index in [1.165, 1.54) is 12.1 Å². The van der Waals surface area contributed by atoms with Crippen LogP contribution >= 0.6 is 0 Å². The van der Waals surface area contributed by atoms with Crippen molar-refractivity contribution in [3.63, 3.8) is 0 Å². The van der Waals surface area contributed by atoms with Gasteiger partial charge in [-0.3, -0.25) is 0 Å². The Morgan fingerprint density at radius 3 is 2.73 bits per heavy atom. The van der Waals surface area contributed by atoms with Crippen LogP contribution in [0.25, 0.3) is 0 Å². The van der Waals surface area contributed by atoms with Crippen LogP contribution in [0.2, 0.25) is 0 Å². The van der Waals surface area contributed by atoms with Crippen LogP contribution in [0.1, 0.15) is 25.3 Å². The second kappa shape index (κ2) is 3.30. The molecule has 0 saturated heterocycles. The fraction of sp³-hybridized carbons (Fsp3) is 0.417. The SMILES string of the molecule is CCC1CC1(C#N)c1ccc(F)cc1F. The van der Waals surface area contributed by atoms with Gasteiger partial charge in [-0.05, 0) is 18.4 Å². The maximum atomic E-state index is 13.5. The van der Waals surface area contributed by atoms with Gasteiger partial charge in [-0.1, -0.05) is 19.4 Å². The van der Waals surface area contributed by atoms with E-state index in [1.54, 1.807) is 0 Å². The summed E-state index contributed by atoms with van der Waals surface area (Å²) in [6.45, 7) is 1.98. The Kier molecular flexibility index (Phi) is 2.22. The molecule has 3 heteroatoms. The van der Waals surface area contributed by atoms with Crippen LogP contribution in [0.15, 0.2) is 18.2 Å². The van der Waals surface area contributed by atoms with Crippen LogP contribution in [-0.4, -0.2) is 0 Å². The third kappa shape index (κ3) is 1.41. The molecule has 1 aromatic carbocycles. The summed E-state index contributed by atoms with van der Waals surface area (Å²) in [6.07, 6.45) is 1.53. The van der Waals surface area contributed by atoms with Crippen molar-refractivity contribution in [3.8, 4) is 6.07 Å². The van der Waals surface area contributed by atoms with Crippen molar-refractivity contribution in [2.75, 3.05) is 0 Å². The van der Waals surface area contributed by atoms with Gasteiger partial charge in [0, 0.05) is 11.6 Å². The monoisotopic (exact) mass is 207 g/mol. The number of nitriles is 1. The molecule has 2 unspecified atom stereocenters. The highest BCUT2D eigenvalue weighted by Crippen LogP contribution is 2.56. The highest BCUT2D eigenvalue weighted by molar-refractivity contribution is 5.42. The van der Waals surface area contributed by atoms with Crippen LogP contribution in [-0.2, 0) is 5.41 Å². The van der Waals surface area contributed by atoms with E-state index in [2.05, 4.69) is 6.07 Å². The van der Waals surface area contributed by atoms with Crippen molar-refractivity contribution in [3.05, 3.63) is 35.4 Å². The van der Waals surface area contributed by atoms with Crippen LogP contribution in [0, 0.1) is 28.9 Å². The van der Waals surface area contributed by atoms with E-state index < -0.39 is 17.0 Å². The molecule has 0 bridgehead atoms. The predicted octanol–water partition coefficient (Wildman–Crippen LogP) is 3.16. The fourth-order valence-corrected chi connectivity index (χ4v) is 2.20. The molecule has 0 amide bonds. The van der Waals surface area contributed by atoms with Gasteiger partial charge >= 0.3 is 0 Å². The molecule has 15 heavy (non-hydrogen) atoms. The lowest BCUT2D eigenvalue weighted by atomic mass is 9.93. The lowest BCUT2D eigenvalue weighted by molar-refractivity contribution is 0.557. The molecule has 0 N–H and O–H groups in total. The quantitative estimate of drug-likeness (QED) is 0.730. The van der Waals surface area contributed by atoms with Gasteiger partial charge in [0.15, 0.2) is 0 Å². The van der Waals surface area contributed by atoms with E-state index in [4.69, 9.17) is 5.26 Å². The normalized spacial score (nSPS) is 28.5. The first-order valence-electron chi connectivity index (χ1n) is 5.01. The maximum Gasteiger partial charge on any atom is 0.130 e. The molecule has 0 heterocycles. The average molecular weight is 207 g/mol. The van der Waals surface area contributed by atoms with Gasteiger partial charge in [-0.15, -0.1) is 0 Å². The molecule has 1 aliphatic carbocycles. The average Bonchev–Trinajstić information content (AvgIpc) is 2.93. The first-order valence-corrected chi connectivity index (χ1v) is 5.01. The van der Waals surface area contributed by atoms with Crippen molar-refractivity contribution in [2.45, 2.75) is 25.2 Å². The molecule has 0 spiro atoms. The van der Waals surface area contributed by atoms with E-state index in [0.717, 1.165) is 12.5 Å². The zero-order chi connectivity index (χ0) is 11.1. The highest BCUT2D eigenvalue weighted by Gasteiger charge is 2.56. The first-order chi connectivity index (χ1) is 7.14. The Morgan fingerprint density at radius 1 is 1.53 bits per heavy atom. The third-order valence-corrected chi connectivity index (χ3v) is 3.21. The van der Waals surface area contributed by atoms with E-state index in [1.807, 2.05) is 6.92 Å². The molecule has 0 aromatic heterocycles. The van der Waals surface area contributed by atoms with Gasteiger partial charge in [0.2, 0.25) is 0 Å². The van der Waals surface area contributed by atoms with Crippen LogP contribution in [0.5, 0.6) is 0 Å². The van der Waals surface area contributed by atoms with E-state index >= 15 is 0 Å². The van der Waals surface area contributed by atoms with Gasteiger partial charge in [0.05, 0.1) is 11.5 Å². The van der Waals surface area contributed by atoms with Crippen molar-refractivity contribution in [1.29, 1.82) is 5.26 Å². The molecule has 1 nitrogen and oxygen atoms in total. The molecular weight excluding hydrogens is 196 g/mol. The van der Waals surface area contributed by atoms with E-state index in [-0.39, 0.29) is 5.92 Å². The molecule has 2 atom stereocenters. The summed E-state index contributed by atoms with van der Waals surface area (Å²) in [6, 6.07) is 5.62. The summed E-state index contributed by atoms with van der Waals surface area (Å²) in [5, 5.41) is 9.09. The molecular formula is C12H11F2N. The highest BCUT2D eigenvalue weighted by atomic mass is 19.1. The van der Waals surface area contributed by atoms with Crippen molar-refractivity contribution in [1.82, 2.24) is 0 Å². The molecule has 0 aliphatic heterocycles. The number of hydrogen-bond acceptors (Lipinski definition) is 1. The molecule has 1 saturated carbocycles. The molecule has 2 rings (SSSR count). The third-order valence-electron chi connectivity index (χ3n) is 3.21. The number of benzene rings is 1. The van der Waals surface area contributed by atoms with Gasteiger partial charge < -0.3 is 0 Å². The van der Waals surface area contributed by atoms with Crippen molar-refractivity contribution >= 4 is 0 Å².